The lowest BCUT2D eigenvalue weighted by Gasteiger charge is -2.08. The van der Waals surface area contributed by atoms with Crippen LogP contribution in [0, 0.1) is 6.92 Å². The van der Waals surface area contributed by atoms with E-state index in [4.69, 9.17) is 9.84 Å². The summed E-state index contributed by atoms with van der Waals surface area (Å²) in [6, 6.07) is 13.0. The first-order valence-corrected chi connectivity index (χ1v) is 5.10. The maximum atomic E-state index is 9.15. The van der Waals surface area contributed by atoms with Crippen LogP contribution in [0.15, 0.2) is 42.5 Å². The van der Waals surface area contributed by atoms with Crippen molar-refractivity contribution < 1.29 is 9.84 Å². The largest absolute Gasteiger partial charge is 0.439 e. The quantitative estimate of drug-likeness (QED) is 0.855. The van der Waals surface area contributed by atoms with E-state index in [1.165, 1.54) is 0 Å². The summed E-state index contributed by atoms with van der Waals surface area (Å²) < 4.78 is 5.61. The minimum absolute atomic E-state index is 0.0397. The van der Waals surface area contributed by atoms with Crippen LogP contribution in [-0.2, 0) is 6.61 Å². The van der Waals surface area contributed by atoms with Crippen molar-refractivity contribution in [1.82, 2.24) is 4.98 Å². The molecule has 0 atom stereocenters. The topological polar surface area (TPSA) is 42.4 Å². The van der Waals surface area contributed by atoms with E-state index in [9.17, 15) is 0 Å². The average molecular weight is 215 g/mol. The van der Waals surface area contributed by atoms with E-state index in [1.54, 1.807) is 6.07 Å². The van der Waals surface area contributed by atoms with Crippen LogP contribution < -0.4 is 4.74 Å². The molecule has 0 aliphatic heterocycles. The van der Waals surface area contributed by atoms with Gasteiger partial charge in [-0.3, -0.25) is 0 Å². The van der Waals surface area contributed by atoms with Crippen molar-refractivity contribution in [3.8, 4) is 11.6 Å². The van der Waals surface area contributed by atoms with Crippen molar-refractivity contribution in [3.63, 3.8) is 0 Å². The first kappa shape index (κ1) is 10.6. The second-order valence-corrected chi connectivity index (χ2v) is 3.49. The number of aromatic nitrogens is 1. The first-order chi connectivity index (χ1) is 7.79. The summed E-state index contributed by atoms with van der Waals surface area (Å²) in [7, 11) is 0. The van der Waals surface area contributed by atoms with Crippen LogP contribution in [-0.4, -0.2) is 10.1 Å². The highest BCUT2D eigenvalue weighted by Gasteiger charge is 2.03. The number of nitrogens with zero attached hydrogens (tertiary/aromatic N) is 1. The van der Waals surface area contributed by atoms with Crippen LogP contribution in [0.2, 0.25) is 0 Å². The summed E-state index contributed by atoms with van der Waals surface area (Å²) in [6.45, 7) is 1.87. The van der Waals surface area contributed by atoms with Crippen LogP contribution >= 0.6 is 0 Å². The number of aliphatic hydroxyl groups is 1. The highest BCUT2D eigenvalue weighted by Crippen LogP contribution is 2.23. The normalized spacial score (nSPS) is 10.1. The monoisotopic (exact) mass is 215 g/mol. The van der Waals surface area contributed by atoms with E-state index in [1.807, 2.05) is 43.3 Å². The molecule has 0 aliphatic carbocycles. The number of para-hydroxylation sites is 1. The number of benzene rings is 1. The fraction of sp³-hybridized carbons (Fsp3) is 0.154. The smallest absolute Gasteiger partial charge is 0.219 e. The molecule has 2 rings (SSSR count). The summed E-state index contributed by atoms with van der Waals surface area (Å²) >= 11 is 0. The van der Waals surface area contributed by atoms with E-state index < -0.39 is 0 Å². The van der Waals surface area contributed by atoms with E-state index in [0.717, 1.165) is 11.3 Å². The Bertz CT molecular complexity index is 483. The van der Waals surface area contributed by atoms with Crippen molar-refractivity contribution in [3.05, 3.63) is 53.7 Å². The number of hydrogen-bond donors (Lipinski definition) is 1. The molecular weight excluding hydrogens is 202 g/mol. The summed E-state index contributed by atoms with van der Waals surface area (Å²) in [5.74, 6) is 1.18. The summed E-state index contributed by atoms with van der Waals surface area (Å²) in [4.78, 5) is 4.24. The molecule has 3 nitrogen and oxygen atoms in total. The Morgan fingerprint density at radius 3 is 2.69 bits per heavy atom. The van der Waals surface area contributed by atoms with Crippen LogP contribution in [0.5, 0.6) is 11.6 Å². The Morgan fingerprint density at radius 2 is 1.94 bits per heavy atom. The Hall–Kier alpha value is -1.87. The summed E-state index contributed by atoms with van der Waals surface area (Å²) in [5, 5.41) is 9.15. The molecule has 1 aromatic carbocycles. The zero-order valence-electron chi connectivity index (χ0n) is 9.05. The van der Waals surface area contributed by atoms with E-state index in [-0.39, 0.29) is 6.61 Å². The van der Waals surface area contributed by atoms with Gasteiger partial charge in [0.05, 0.1) is 6.61 Å². The SMILES string of the molecule is Cc1cccc(Oc2ccccc2CO)n1. The van der Waals surface area contributed by atoms with E-state index in [2.05, 4.69) is 4.98 Å². The lowest BCUT2D eigenvalue weighted by atomic mass is 10.2. The van der Waals surface area contributed by atoms with Crippen molar-refractivity contribution >= 4 is 0 Å². The zero-order chi connectivity index (χ0) is 11.4. The van der Waals surface area contributed by atoms with E-state index >= 15 is 0 Å². The van der Waals surface area contributed by atoms with Crippen molar-refractivity contribution in [2.45, 2.75) is 13.5 Å². The van der Waals surface area contributed by atoms with Crippen LogP contribution in [0.4, 0.5) is 0 Å². The van der Waals surface area contributed by atoms with Gasteiger partial charge in [-0.25, -0.2) is 4.98 Å². The highest BCUT2D eigenvalue weighted by atomic mass is 16.5. The van der Waals surface area contributed by atoms with Gasteiger partial charge in [-0.2, -0.15) is 0 Å². The third-order valence-corrected chi connectivity index (χ3v) is 2.22. The highest BCUT2D eigenvalue weighted by molar-refractivity contribution is 5.35. The first-order valence-electron chi connectivity index (χ1n) is 5.10. The van der Waals surface area contributed by atoms with Crippen molar-refractivity contribution in [2.75, 3.05) is 0 Å². The molecule has 0 saturated carbocycles. The molecule has 0 spiro atoms. The zero-order valence-corrected chi connectivity index (χ0v) is 9.05. The lowest BCUT2D eigenvalue weighted by molar-refractivity contribution is 0.276. The Labute approximate surface area is 94.3 Å². The molecule has 0 fully saturated rings. The average Bonchev–Trinajstić information content (AvgIpc) is 2.30. The second-order valence-electron chi connectivity index (χ2n) is 3.49. The predicted molar refractivity (Wildman–Crippen MR) is 61.4 cm³/mol. The third-order valence-electron chi connectivity index (χ3n) is 2.22. The molecule has 1 aromatic heterocycles. The standard InChI is InChI=1S/C13H13NO2/c1-10-5-4-8-13(14-10)16-12-7-3-2-6-11(12)9-15/h2-8,15H,9H2,1H3. The number of hydrogen-bond acceptors (Lipinski definition) is 3. The fourth-order valence-electron chi connectivity index (χ4n) is 1.42. The molecule has 1 N–H and O–H groups in total. The van der Waals surface area contributed by atoms with Crippen LogP contribution in [0.1, 0.15) is 11.3 Å². The molecule has 82 valence electrons. The predicted octanol–water partition coefficient (Wildman–Crippen LogP) is 2.67. The van der Waals surface area contributed by atoms with Gasteiger partial charge < -0.3 is 9.84 Å². The molecular formula is C13H13NO2. The van der Waals surface area contributed by atoms with Gasteiger partial charge in [0.1, 0.15) is 5.75 Å². The molecule has 2 aromatic rings. The number of ether oxygens (including phenoxy) is 1. The minimum atomic E-state index is -0.0397. The van der Waals surface area contributed by atoms with Crippen molar-refractivity contribution in [2.24, 2.45) is 0 Å². The summed E-state index contributed by atoms with van der Waals surface area (Å²) in [6.07, 6.45) is 0. The fourth-order valence-corrected chi connectivity index (χ4v) is 1.42. The van der Waals surface area contributed by atoms with Crippen molar-refractivity contribution in [1.29, 1.82) is 0 Å². The molecule has 1 heterocycles. The molecule has 0 unspecified atom stereocenters. The van der Waals surface area contributed by atoms with E-state index in [0.29, 0.717) is 11.6 Å². The number of rotatable bonds is 3. The molecule has 0 radical (unpaired) electrons. The molecule has 0 amide bonds. The van der Waals surface area contributed by atoms with Gasteiger partial charge in [0, 0.05) is 17.3 Å². The third kappa shape index (κ3) is 2.38. The molecule has 16 heavy (non-hydrogen) atoms. The number of aliphatic hydroxyl groups excluding tert-OH is 1. The molecule has 0 aliphatic rings. The van der Waals surface area contributed by atoms with Gasteiger partial charge in [0.2, 0.25) is 5.88 Å². The second kappa shape index (κ2) is 4.77. The van der Waals surface area contributed by atoms with Crippen LogP contribution in [0.3, 0.4) is 0 Å². The van der Waals surface area contributed by atoms with Gasteiger partial charge in [-0.1, -0.05) is 24.3 Å². The summed E-state index contributed by atoms with van der Waals surface area (Å²) in [5.41, 5.74) is 1.66. The lowest BCUT2D eigenvalue weighted by Crippen LogP contribution is -1.93. The Kier molecular flexibility index (Phi) is 3.17. The minimum Gasteiger partial charge on any atom is -0.439 e. The number of aryl methyl sites for hydroxylation is 1. The Morgan fingerprint density at radius 1 is 1.12 bits per heavy atom. The van der Waals surface area contributed by atoms with Gasteiger partial charge in [0.15, 0.2) is 0 Å². The maximum absolute atomic E-state index is 9.15. The molecule has 3 heteroatoms. The van der Waals surface area contributed by atoms with Gasteiger partial charge >= 0.3 is 0 Å². The van der Waals surface area contributed by atoms with Gasteiger partial charge in [0.25, 0.3) is 0 Å². The maximum Gasteiger partial charge on any atom is 0.219 e. The molecule has 0 saturated heterocycles. The van der Waals surface area contributed by atoms with Crippen LogP contribution in [0.25, 0.3) is 0 Å². The van der Waals surface area contributed by atoms with Gasteiger partial charge in [-0.05, 0) is 19.1 Å². The molecule has 0 bridgehead atoms. The Balaban J connectivity index is 2.26. The number of pyridine rings is 1. The van der Waals surface area contributed by atoms with Gasteiger partial charge in [-0.15, -0.1) is 0 Å².